The van der Waals surface area contributed by atoms with Crippen LogP contribution in [0.3, 0.4) is 0 Å². The number of phenols is 2. The fourth-order valence-electron chi connectivity index (χ4n) is 9.21. The lowest BCUT2D eigenvalue weighted by atomic mass is 9.65. The van der Waals surface area contributed by atoms with Crippen molar-refractivity contribution in [3.8, 4) is 11.5 Å². The second-order valence-corrected chi connectivity index (χ2v) is 17.6. The van der Waals surface area contributed by atoms with Gasteiger partial charge in [0.15, 0.2) is 23.1 Å². The molecule has 2 aromatic rings. The topological polar surface area (TPSA) is 256 Å². The summed E-state index contributed by atoms with van der Waals surface area (Å²) < 4.78 is 0. The Bertz CT molecular complexity index is 3010. The van der Waals surface area contributed by atoms with E-state index >= 15 is 9.59 Å². The molecule has 70 heavy (non-hydrogen) atoms. The number of nitrogens with one attached hydrogen (secondary N) is 4. The number of anilines is 2. The van der Waals surface area contributed by atoms with Crippen LogP contribution in [-0.4, -0.2) is 78.6 Å². The molecule has 0 heterocycles. The molecular formula is C54H48N6O10. The minimum Gasteiger partial charge on any atom is -0.506 e. The van der Waals surface area contributed by atoms with E-state index in [9.17, 15) is 39.6 Å². The number of phenolic OH excluding ortho intramolecular Hbond substituents is 2. The first kappa shape index (κ1) is 47.6. The predicted molar refractivity (Wildman–Crippen MR) is 263 cm³/mol. The number of carbonyl (C=O) groups excluding carboxylic acids is 6. The van der Waals surface area contributed by atoms with Crippen molar-refractivity contribution in [1.82, 2.24) is 10.9 Å². The second-order valence-electron chi connectivity index (χ2n) is 17.6. The molecule has 0 aromatic heterocycles. The number of aliphatic hydroxyl groups is 2. The highest BCUT2D eigenvalue weighted by Crippen LogP contribution is 2.49. The van der Waals surface area contributed by atoms with Crippen molar-refractivity contribution in [2.24, 2.45) is 22.0 Å². The first-order valence-corrected chi connectivity index (χ1v) is 22.3. The van der Waals surface area contributed by atoms with Gasteiger partial charge < -0.3 is 31.1 Å². The van der Waals surface area contributed by atoms with Crippen molar-refractivity contribution >= 4 is 57.5 Å². The van der Waals surface area contributed by atoms with Gasteiger partial charge >= 0.3 is 0 Å². The van der Waals surface area contributed by atoms with Crippen LogP contribution >= 0.6 is 0 Å². The molecule has 0 radical (unpaired) electrons. The molecule has 0 spiro atoms. The zero-order chi connectivity index (χ0) is 50.3. The number of benzene rings is 2. The van der Waals surface area contributed by atoms with E-state index in [0.717, 1.165) is 0 Å². The van der Waals surface area contributed by atoms with Gasteiger partial charge in [-0.3, -0.25) is 39.6 Å². The predicted octanol–water partition coefficient (Wildman–Crippen LogP) is 6.90. The number of ketones is 6. The van der Waals surface area contributed by atoms with Crippen LogP contribution in [0.4, 0.5) is 11.4 Å². The lowest BCUT2D eigenvalue weighted by Gasteiger charge is -2.40. The monoisotopic (exact) mass is 940 g/mol. The first-order valence-electron chi connectivity index (χ1n) is 22.3. The third-order valence-electron chi connectivity index (χ3n) is 12.5. The average Bonchev–Trinajstić information content (AvgIpc) is 3.32. The number of hydrazone groups is 2. The number of carbonyl (C=O) groups is 6. The quantitative estimate of drug-likeness (QED) is 0.0494. The Balaban J connectivity index is 1.41. The van der Waals surface area contributed by atoms with E-state index in [0.29, 0.717) is 0 Å². The molecule has 8 rings (SSSR count). The summed E-state index contributed by atoms with van der Waals surface area (Å²) in [5.41, 5.74) is 5.53. The summed E-state index contributed by atoms with van der Waals surface area (Å²) in [6.07, 6.45) is 14.2. The number of aliphatic hydroxyl groups excluding tert-OH is 2. The van der Waals surface area contributed by atoms with E-state index in [1.54, 1.807) is 90.1 Å². The number of rotatable bonds is 11. The highest BCUT2D eigenvalue weighted by Gasteiger charge is 2.50. The lowest BCUT2D eigenvalue weighted by molar-refractivity contribution is -0.117. The molecule has 2 atom stereocenters. The molecule has 6 aliphatic rings. The number of nitrogens with zero attached hydrogens (tertiary/aromatic N) is 2. The summed E-state index contributed by atoms with van der Waals surface area (Å²) >= 11 is 0. The first-order chi connectivity index (χ1) is 33.4. The summed E-state index contributed by atoms with van der Waals surface area (Å²) in [5, 5.41) is 59.6. The second kappa shape index (κ2) is 19.0. The van der Waals surface area contributed by atoms with Crippen LogP contribution in [0.5, 0.6) is 11.5 Å². The molecule has 0 fully saturated rings. The fraction of sp³-hybridized carbons (Fsp3) is 0.185. The Hall–Kier alpha value is -8.92. The highest BCUT2D eigenvalue weighted by atomic mass is 16.3. The van der Waals surface area contributed by atoms with Gasteiger partial charge in [0.1, 0.15) is 22.9 Å². The molecule has 0 amide bonds. The van der Waals surface area contributed by atoms with Crippen molar-refractivity contribution in [3.05, 3.63) is 188 Å². The van der Waals surface area contributed by atoms with Crippen molar-refractivity contribution < 1.29 is 49.2 Å². The van der Waals surface area contributed by atoms with Crippen LogP contribution in [0.15, 0.2) is 198 Å². The van der Waals surface area contributed by atoms with Crippen LogP contribution in [0, 0.1) is 11.8 Å². The Morgan fingerprint density at radius 2 is 0.857 bits per heavy atom. The van der Waals surface area contributed by atoms with E-state index in [1.165, 1.54) is 61.0 Å². The maximum Gasteiger partial charge on any atom is 0.229 e. The average molecular weight is 941 g/mol. The molecule has 16 heteroatoms. The SMILES string of the molecule is CC1=C(C2=C(C)C(N/N=C3\C=CC=CC3=O)C3=C(C2=O)/C(=C/Nc2ccccc2O)C(=O)C(O)=C3C(C)C)C(=O)C2=C(C(C(C)C)=C(O)C(=O)/C2=C\Nc2ccccc2O)C1N/N=C1\C=CC=CC1=O. The number of hydrogen-bond acceptors (Lipinski definition) is 16. The molecule has 354 valence electrons. The molecule has 8 N–H and O–H groups in total. The molecule has 6 aliphatic carbocycles. The van der Waals surface area contributed by atoms with Crippen LogP contribution in [0.25, 0.3) is 0 Å². The van der Waals surface area contributed by atoms with Gasteiger partial charge in [0.2, 0.25) is 23.1 Å². The number of Topliss-reactive ketones (excluding diaryl/α,β-unsaturated/α-hetero) is 4. The maximum absolute atomic E-state index is 15.9. The van der Waals surface area contributed by atoms with Crippen molar-refractivity contribution in [1.29, 1.82) is 0 Å². The molecule has 0 saturated carbocycles. The van der Waals surface area contributed by atoms with Crippen LogP contribution in [0.1, 0.15) is 41.5 Å². The minimum atomic E-state index is -1.23. The summed E-state index contributed by atoms with van der Waals surface area (Å²) in [5.74, 6) is -7.34. The van der Waals surface area contributed by atoms with E-state index in [-0.39, 0.29) is 101 Å². The molecule has 0 bridgehead atoms. The van der Waals surface area contributed by atoms with E-state index in [4.69, 9.17) is 0 Å². The Kier molecular flexibility index (Phi) is 12.9. The fourth-order valence-corrected chi connectivity index (χ4v) is 9.21. The molecule has 16 nitrogen and oxygen atoms in total. The number of allylic oxidation sites excluding steroid dienone is 14. The molecule has 2 unspecified atom stereocenters. The summed E-state index contributed by atoms with van der Waals surface area (Å²) in [4.78, 5) is 86.8. The Morgan fingerprint density at radius 1 is 0.500 bits per heavy atom. The molecule has 2 aromatic carbocycles. The van der Waals surface area contributed by atoms with Gasteiger partial charge in [-0.25, -0.2) is 0 Å². The smallest absolute Gasteiger partial charge is 0.229 e. The number of aromatic hydroxyl groups is 2. The van der Waals surface area contributed by atoms with Gasteiger partial charge in [-0.15, -0.1) is 0 Å². The van der Waals surface area contributed by atoms with Gasteiger partial charge in [0.05, 0.1) is 34.6 Å². The largest absolute Gasteiger partial charge is 0.506 e. The Morgan fingerprint density at radius 3 is 1.20 bits per heavy atom. The third-order valence-corrected chi connectivity index (χ3v) is 12.5. The zero-order valence-electron chi connectivity index (χ0n) is 38.8. The summed E-state index contributed by atoms with van der Waals surface area (Å²) in [6, 6.07) is 9.84. The standard InChI is InChI=1S/C54H48N6O10/c1-25(2)39-45-43(29(49(65)53(39)69)23-55-31-15-7-11-19-35(31)61)51(67)41(27(5)47(45)59-57-33-17-9-13-21-37(33)63)42-28(6)48(60-58-34-18-10-14-22-38(34)64)46-40(26(3)4)54(70)50(66)30(44(46)52(42)68)24-56-32-16-8-12-20-36(32)62/h7-26,47-48,55-56,59-62,69-70H,1-6H3/b29-23-,30-24-,57-33+,58-34+. The van der Waals surface area contributed by atoms with E-state index in [2.05, 4.69) is 31.7 Å². The Labute approximate surface area is 402 Å². The van der Waals surface area contributed by atoms with Gasteiger partial charge in [-0.2, -0.15) is 10.2 Å². The summed E-state index contributed by atoms with van der Waals surface area (Å²) in [7, 11) is 0. The summed E-state index contributed by atoms with van der Waals surface area (Å²) in [6.45, 7) is 10.0. The van der Waals surface area contributed by atoms with Crippen molar-refractivity contribution in [2.45, 2.75) is 53.6 Å². The number of para-hydroxylation sites is 4. The van der Waals surface area contributed by atoms with Gasteiger partial charge in [0.25, 0.3) is 0 Å². The number of hydrogen-bond donors (Lipinski definition) is 8. The molecular weight excluding hydrogens is 893 g/mol. The lowest BCUT2D eigenvalue weighted by Crippen LogP contribution is -2.45. The normalized spacial score (nSPS) is 22.9. The van der Waals surface area contributed by atoms with Crippen LogP contribution in [0.2, 0.25) is 0 Å². The van der Waals surface area contributed by atoms with Crippen molar-refractivity contribution in [2.75, 3.05) is 10.6 Å². The van der Waals surface area contributed by atoms with Gasteiger partial charge in [-0.05, 0) is 96.5 Å². The van der Waals surface area contributed by atoms with Crippen LogP contribution in [-0.2, 0) is 28.8 Å². The van der Waals surface area contributed by atoms with Crippen LogP contribution < -0.4 is 21.5 Å². The zero-order valence-corrected chi connectivity index (χ0v) is 38.8. The third kappa shape index (κ3) is 8.29. The van der Waals surface area contributed by atoms with Gasteiger partial charge in [0, 0.05) is 45.8 Å². The molecule has 0 aliphatic heterocycles. The highest BCUT2D eigenvalue weighted by molar-refractivity contribution is 6.49. The minimum absolute atomic E-state index is 0.0113. The maximum atomic E-state index is 15.9. The van der Waals surface area contributed by atoms with Crippen molar-refractivity contribution in [3.63, 3.8) is 0 Å². The molecule has 0 saturated heterocycles. The van der Waals surface area contributed by atoms with Gasteiger partial charge in [-0.1, -0.05) is 76.3 Å². The van der Waals surface area contributed by atoms with E-state index < -0.39 is 70.1 Å². The van der Waals surface area contributed by atoms with E-state index in [1.807, 2.05) is 0 Å².